The van der Waals surface area contributed by atoms with E-state index in [4.69, 9.17) is 4.98 Å². The first-order valence-electron chi connectivity index (χ1n) is 6.46. The fourth-order valence-corrected chi connectivity index (χ4v) is 3.37. The summed E-state index contributed by atoms with van der Waals surface area (Å²) in [6, 6.07) is 6.28. The van der Waals surface area contributed by atoms with Crippen molar-refractivity contribution in [1.29, 1.82) is 0 Å². The fraction of sp³-hybridized carbons (Fsp3) is 0.200. The largest absolute Gasteiger partial charge is 0.327 e. The highest BCUT2D eigenvalue weighted by atomic mass is 32.1. The third-order valence-electron chi connectivity index (χ3n) is 3.58. The Bertz CT molecular complexity index is 699. The molecule has 0 saturated heterocycles. The first kappa shape index (κ1) is 10.9. The number of hydrogen-bond acceptors (Lipinski definition) is 3. The van der Waals surface area contributed by atoms with Gasteiger partial charge in [0.05, 0.1) is 11.4 Å². The Kier molecular flexibility index (Phi) is 2.48. The van der Waals surface area contributed by atoms with Gasteiger partial charge in [-0.2, -0.15) is 11.3 Å². The van der Waals surface area contributed by atoms with Gasteiger partial charge in [-0.1, -0.05) is 0 Å². The highest BCUT2D eigenvalue weighted by Crippen LogP contribution is 2.35. The SMILES string of the molecule is c1cc(-c2c(-c3ccsc3)nc3n2CCC3)ccn1. The topological polar surface area (TPSA) is 30.7 Å². The maximum Gasteiger partial charge on any atom is 0.109 e. The van der Waals surface area contributed by atoms with Crippen molar-refractivity contribution < 1.29 is 0 Å². The van der Waals surface area contributed by atoms with Crippen LogP contribution in [0.25, 0.3) is 22.5 Å². The minimum absolute atomic E-state index is 1.07. The molecule has 3 aromatic rings. The minimum Gasteiger partial charge on any atom is -0.327 e. The Morgan fingerprint density at radius 3 is 2.79 bits per heavy atom. The van der Waals surface area contributed by atoms with E-state index in [2.05, 4.69) is 38.5 Å². The summed E-state index contributed by atoms with van der Waals surface area (Å²) in [5, 5.41) is 4.28. The van der Waals surface area contributed by atoms with E-state index in [1.54, 1.807) is 11.3 Å². The first-order chi connectivity index (χ1) is 9.43. The van der Waals surface area contributed by atoms with Crippen LogP contribution in [0.4, 0.5) is 0 Å². The van der Waals surface area contributed by atoms with Crippen LogP contribution >= 0.6 is 11.3 Å². The van der Waals surface area contributed by atoms with E-state index < -0.39 is 0 Å². The summed E-state index contributed by atoms with van der Waals surface area (Å²) in [7, 11) is 0. The zero-order valence-corrected chi connectivity index (χ0v) is 11.2. The lowest BCUT2D eigenvalue weighted by Gasteiger charge is -2.07. The summed E-state index contributed by atoms with van der Waals surface area (Å²) < 4.78 is 2.36. The number of pyridine rings is 1. The van der Waals surface area contributed by atoms with Crippen molar-refractivity contribution in [1.82, 2.24) is 14.5 Å². The van der Waals surface area contributed by atoms with E-state index in [1.807, 2.05) is 12.4 Å². The fourth-order valence-electron chi connectivity index (χ4n) is 2.73. The van der Waals surface area contributed by atoms with E-state index in [1.165, 1.54) is 29.1 Å². The van der Waals surface area contributed by atoms with Crippen LogP contribution in [0.2, 0.25) is 0 Å². The highest BCUT2D eigenvalue weighted by Gasteiger charge is 2.22. The quantitative estimate of drug-likeness (QED) is 0.710. The first-order valence-corrected chi connectivity index (χ1v) is 7.40. The van der Waals surface area contributed by atoms with Gasteiger partial charge in [-0.15, -0.1) is 0 Å². The van der Waals surface area contributed by atoms with Crippen molar-refractivity contribution >= 4 is 11.3 Å². The van der Waals surface area contributed by atoms with Crippen LogP contribution in [-0.2, 0) is 13.0 Å². The van der Waals surface area contributed by atoms with Crippen molar-refractivity contribution in [3.8, 4) is 22.5 Å². The molecule has 0 spiro atoms. The van der Waals surface area contributed by atoms with Gasteiger partial charge < -0.3 is 4.57 Å². The van der Waals surface area contributed by atoms with Gasteiger partial charge in [0.15, 0.2) is 0 Å². The predicted octanol–water partition coefficient (Wildman–Crippen LogP) is 3.62. The summed E-state index contributed by atoms with van der Waals surface area (Å²) in [6.07, 6.45) is 5.98. The number of imidazole rings is 1. The Labute approximate surface area is 115 Å². The van der Waals surface area contributed by atoms with Crippen molar-refractivity contribution in [2.75, 3.05) is 0 Å². The van der Waals surface area contributed by atoms with Crippen LogP contribution in [0, 0.1) is 0 Å². The minimum atomic E-state index is 1.07. The molecule has 0 unspecified atom stereocenters. The number of hydrogen-bond donors (Lipinski definition) is 0. The predicted molar refractivity (Wildman–Crippen MR) is 77.1 cm³/mol. The number of aryl methyl sites for hydroxylation is 1. The number of rotatable bonds is 2. The molecular weight excluding hydrogens is 254 g/mol. The van der Waals surface area contributed by atoms with Gasteiger partial charge in [-0.05, 0) is 30.0 Å². The summed E-state index contributed by atoms with van der Waals surface area (Å²) in [6.45, 7) is 1.07. The molecule has 0 fully saturated rings. The summed E-state index contributed by atoms with van der Waals surface area (Å²) >= 11 is 1.72. The molecular formula is C15H13N3S. The number of thiophene rings is 1. The van der Waals surface area contributed by atoms with Crippen LogP contribution < -0.4 is 0 Å². The number of fused-ring (bicyclic) bond motifs is 1. The lowest BCUT2D eigenvalue weighted by atomic mass is 10.1. The van der Waals surface area contributed by atoms with Crippen LogP contribution in [-0.4, -0.2) is 14.5 Å². The van der Waals surface area contributed by atoms with Crippen LogP contribution in [0.15, 0.2) is 41.4 Å². The van der Waals surface area contributed by atoms with Gasteiger partial charge in [0.2, 0.25) is 0 Å². The van der Waals surface area contributed by atoms with Gasteiger partial charge in [-0.3, -0.25) is 4.98 Å². The summed E-state index contributed by atoms with van der Waals surface area (Å²) in [5.41, 5.74) is 4.78. The smallest absolute Gasteiger partial charge is 0.109 e. The maximum absolute atomic E-state index is 4.86. The van der Waals surface area contributed by atoms with Crippen molar-refractivity contribution in [2.45, 2.75) is 19.4 Å². The van der Waals surface area contributed by atoms with Gasteiger partial charge >= 0.3 is 0 Å². The second-order valence-electron chi connectivity index (χ2n) is 4.73. The monoisotopic (exact) mass is 267 g/mol. The molecule has 94 valence electrons. The molecule has 0 aromatic carbocycles. The average molecular weight is 267 g/mol. The van der Waals surface area contributed by atoms with Crippen LogP contribution in [0.3, 0.4) is 0 Å². The average Bonchev–Trinajstić information content (AvgIpc) is 3.15. The molecule has 3 aromatic heterocycles. The molecule has 3 nitrogen and oxygen atoms in total. The molecule has 0 radical (unpaired) electrons. The van der Waals surface area contributed by atoms with E-state index in [-0.39, 0.29) is 0 Å². The Hall–Kier alpha value is -1.94. The zero-order chi connectivity index (χ0) is 12.7. The molecule has 19 heavy (non-hydrogen) atoms. The molecule has 0 bridgehead atoms. The number of nitrogens with zero attached hydrogens (tertiary/aromatic N) is 3. The van der Waals surface area contributed by atoms with Gasteiger partial charge in [-0.25, -0.2) is 4.98 Å². The molecule has 1 aliphatic rings. The number of aromatic nitrogens is 3. The van der Waals surface area contributed by atoms with Crippen molar-refractivity contribution in [3.05, 3.63) is 47.2 Å². The molecule has 1 aliphatic heterocycles. The van der Waals surface area contributed by atoms with Gasteiger partial charge in [0.1, 0.15) is 5.82 Å². The molecule has 0 atom stereocenters. The maximum atomic E-state index is 4.86. The molecule has 4 heterocycles. The third-order valence-corrected chi connectivity index (χ3v) is 4.26. The van der Waals surface area contributed by atoms with E-state index in [0.717, 1.165) is 18.7 Å². The normalized spacial score (nSPS) is 13.7. The third kappa shape index (κ3) is 1.71. The Balaban J connectivity index is 1.98. The molecule has 4 heteroatoms. The van der Waals surface area contributed by atoms with E-state index >= 15 is 0 Å². The van der Waals surface area contributed by atoms with Crippen molar-refractivity contribution in [3.63, 3.8) is 0 Å². The summed E-state index contributed by atoms with van der Waals surface area (Å²) in [5.74, 6) is 1.22. The van der Waals surface area contributed by atoms with E-state index in [0.29, 0.717) is 0 Å². The highest BCUT2D eigenvalue weighted by molar-refractivity contribution is 7.08. The molecule has 0 amide bonds. The zero-order valence-electron chi connectivity index (χ0n) is 10.4. The molecule has 0 saturated carbocycles. The molecule has 4 rings (SSSR count). The Morgan fingerprint density at radius 2 is 2.00 bits per heavy atom. The van der Waals surface area contributed by atoms with Crippen molar-refractivity contribution in [2.24, 2.45) is 0 Å². The summed E-state index contributed by atoms with van der Waals surface area (Å²) in [4.78, 5) is 8.97. The van der Waals surface area contributed by atoms with Crippen LogP contribution in [0.1, 0.15) is 12.2 Å². The van der Waals surface area contributed by atoms with Gasteiger partial charge in [0.25, 0.3) is 0 Å². The van der Waals surface area contributed by atoms with Crippen LogP contribution in [0.5, 0.6) is 0 Å². The van der Waals surface area contributed by atoms with E-state index in [9.17, 15) is 0 Å². The Morgan fingerprint density at radius 1 is 1.11 bits per heavy atom. The molecule has 0 aliphatic carbocycles. The second kappa shape index (κ2) is 4.31. The standard InChI is InChI=1S/C15H13N3S/c1-2-13-17-14(12-5-9-19-10-12)15(18(13)8-1)11-3-6-16-7-4-11/h3-7,9-10H,1-2,8H2. The lowest BCUT2D eigenvalue weighted by Crippen LogP contribution is -1.96. The second-order valence-corrected chi connectivity index (χ2v) is 5.51. The van der Waals surface area contributed by atoms with Gasteiger partial charge in [0, 0.05) is 41.9 Å². The lowest BCUT2D eigenvalue weighted by molar-refractivity contribution is 0.756. The molecule has 0 N–H and O–H groups in total.